The molecule has 0 aliphatic carbocycles. The number of hydrogen-bond donors (Lipinski definition) is 1. The van der Waals surface area contributed by atoms with Gasteiger partial charge in [-0.2, -0.15) is 0 Å². The second-order valence-electron chi connectivity index (χ2n) is 7.92. The van der Waals surface area contributed by atoms with Crippen molar-refractivity contribution in [3.05, 3.63) is 93.5 Å². The Kier molecular flexibility index (Phi) is 7.34. The number of amides is 1. The molecule has 1 fully saturated rings. The number of halogens is 2. The Balaban J connectivity index is 1.91. The van der Waals surface area contributed by atoms with Crippen LogP contribution in [0, 0.1) is 0 Å². The summed E-state index contributed by atoms with van der Waals surface area (Å²) in [7, 11) is 1.54. The van der Waals surface area contributed by atoms with Crippen LogP contribution in [0.5, 0.6) is 11.5 Å². The van der Waals surface area contributed by atoms with E-state index in [9.17, 15) is 14.7 Å². The third-order valence-electron chi connectivity index (χ3n) is 5.63. The van der Waals surface area contributed by atoms with E-state index in [1.54, 1.807) is 61.7 Å². The molecule has 1 saturated heterocycles. The molecular formula is C27H23Cl2NO5. The third kappa shape index (κ3) is 4.85. The van der Waals surface area contributed by atoms with Crippen LogP contribution >= 0.6 is 23.2 Å². The number of benzene rings is 3. The topological polar surface area (TPSA) is 76.1 Å². The molecule has 0 spiro atoms. The highest BCUT2D eigenvalue weighted by Gasteiger charge is 2.47. The SMILES string of the molecule is CCCOc1cccc(C2/C(=C(/O)c3ccc(Cl)c(Cl)c3)C(=O)C(=O)N2c2ccc(OC)cc2)c1. The normalized spacial score (nSPS) is 17.0. The van der Waals surface area contributed by atoms with Gasteiger partial charge in [-0.1, -0.05) is 42.3 Å². The van der Waals surface area contributed by atoms with Gasteiger partial charge in [0.25, 0.3) is 11.7 Å². The van der Waals surface area contributed by atoms with Gasteiger partial charge in [0.05, 0.1) is 35.4 Å². The zero-order valence-corrected chi connectivity index (χ0v) is 20.6. The lowest BCUT2D eigenvalue weighted by Crippen LogP contribution is -2.29. The molecule has 8 heteroatoms. The van der Waals surface area contributed by atoms with Gasteiger partial charge in [0.15, 0.2) is 0 Å². The first-order valence-electron chi connectivity index (χ1n) is 11.0. The standard InChI is InChI=1S/C27H23Cl2NO5/c1-3-13-35-20-6-4-5-16(14-20)24-23(25(31)17-7-12-21(28)22(29)15-17)26(32)27(33)30(24)18-8-10-19(34-2)11-9-18/h4-12,14-15,24,31H,3,13H2,1-2H3/b25-23-. The smallest absolute Gasteiger partial charge is 0.300 e. The lowest BCUT2D eigenvalue weighted by atomic mass is 9.95. The molecule has 0 bridgehead atoms. The molecule has 4 rings (SSSR count). The summed E-state index contributed by atoms with van der Waals surface area (Å²) < 4.78 is 11.0. The average Bonchev–Trinajstić information content (AvgIpc) is 3.14. The van der Waals surface area contributed by atoms with Crippen molar-refractivity contribution in [3.8, 4) is 11.5 Å². The predicted octanol–water partition coefficient (Wildman–Crippen LogP) is 6.42. The van der Waals surface area contributed by atoms with E-state index in [0.29, 0.717) is 34.4 Å². The van der Waals surface area contributed by atoms with E-state index in [0.717, 1.165) is 6.42 Å². The van der Waals surface area contributed by atoms with Crippen molar-refractivity contribution >= 4 is 46.3 Å². The number of Topliss-reactive ketones (excluding diaryl/α,β-unsaturated/α-hetero) is 1. The summed E-state index contributed by atoms with van der Waals surface area (Å²) >= 11 is 12.2. The number of methoxy groups -OCH3 is 1. The highest BCUT2D eigenvalue weighted by atomic mass is 35.5. The molecule has 1 atom stereocenters. The highest BCUT2D eigenvalue weighted by Crippen LogP contribution is 2.43. The Morgan fingerprint density at radius 3 is 2.37 bits per heavy atom. The van der Waals surface area contributed by atoms with Gasteiger partial charge in [0, 0.05) is 11.3 Å². The van der Waals surface area contributed by atoms with E-state index in [-0.39, 0.29) is 21.9 Å². The van der Waals surface area contributed by atoms with Crippen LogP contribution in [0.25, 0.3) is 5.76 Å². The van der Waals surface area contributed by atoms with Crippen molar-refractivity contribution in [1.82, 2.24) is 0 Å². The van der Waals surface area contributed by atoms with Crippen molar-refractivity contribution in [2.75, 3.05) is 18.6 Å². The largest absolute Gasteiger partial charge is 0.507 e. The fourth-order valence-corrected chi connectivity index (χ4v) is 4.25. The number of ketones is 1. The fourth-order valence-electron chi connectivity index (χ4n) is 3.95. The molecule has 3 aromatic rings. The van der Waals surface area contributed by atoms with Crippen LogP contribution in [0.3, 0.4) is 0 Å². The number of nitrogens with zero attached hydrogens (tertiary/aromatic N) is 1. The van der Waals surface area contributed by atoms with Gasteiger partial charge in [0.1, 0.15) is 17.3 Å². The van der Waals surface area contributed by atoms with Crippen molar-refractivity contribution in [2.45, 2.75) is 19.4 Å². The van der Waals surface area contributed by atoms with Crippen LogP contribution in [0.4, 0.5) is 5.69 Å². The molecule has 1 unspecified atom stereocenters. The van der Waals surface area contributed by atoms with Gasteiger partial charge in [-0.3, -0.25) is 14.5 Å². The van der Waals surface area contributed by atoms with Crippen LogP contribution in [0.1, 0.15) is 30.5 Å². The van der Waals surface area contributed by atoms with Gasteiger partial charge in [-0.15, -0.1) is 0 Å². The minimum atomic E-state index is -0.900. The minimum Gasteiger partial charge on any atom is -0.507 e. The summed E-state index contributed by atoms with van der Waals surface area (Å²) in [5.74, 6) is -0.717. The van der Waals surface area contributed by atoms with E-state index >= 15 is 0 Å². The summed E-state index contributed by atoms with van der Waals surface area (Å²) in [6, 6.07) is 17.5. The molecule has 1 heterocycles. The molecule has 180 valence electrons. The number of aliphatic hydroxyl groups excluding tert-OH is 1. The summed E-state index contributed by atoms with van der Waals surface area (Å²) in [5.41, 5.74) is 1.30. The van der Waals surface area contributed by atoms with E-state index < -0.39 is 17.7 Å². The lowest BCUT2D eigenvalue weighted by molar-refractivity contribution is -0.132. The van der Waals surface area contributed by atoms with E-state index in [2.05, 4.69) is 0 Å². The number of carbonyl (C=O) groups excluding carboxylic acids is 2. The Labute approximate surface area is 213 Å². The lowest BCUT2D eigenvalue weighted by Gasteiger charge is -2.26. The summed E-state index contributed by atoms with van der Waals surface area (Å²) in [6.07, 6.45) is 0.825. The molecule has 1 aliphatic rings. The average molecular weight is 512 g/mol. The summed E-state index contributed by atoms with van der Waals surface area (Å²) in [6.45, 7) is 2.52. The Bertz CT molecular complexity index is 1300. The van der Waals surface area contributed by atoms with Crippen molar-refractivity contribution in [1.29, 1.82) is 0 Å². The number of ether oxygens (including phenoxy) is 2. The van der Waals surface area contributed by atoms with Crippen LogP contribution < -0.4 is 14.4 Å². The van der Waals surface area contributed by atoms with E-state index in [1.165, 1.54) is 17.0 Å². The Morgan fingerprint density at radius 2 is 1.71 bits per heavy atom. The van der Waals surface area contributed by atoms with Crippen LogP contribution in [0.15, 0.2) is 72.3 Å². The minimum absolute atomic E-state index is 0.0585. The zero-order valence-electron chi connectivity index (χ0n) is 19.1. The zero-order chi connectivity index (χ0) is 25.1. The van der Waals surface area contributed by atoms with Gasteiger partial charge in [-0.25, -0.2) is 0 Å². The van der Waals surface area contributed by atoms with E-state index in [4.69, 9.17) is 32.7 Å². The molecule has 0 aromatic heterocycles. The monoisotopic (exact) mass is 511 g/mol. The van der Waals surface area contributed by atoms with Crippen LogP contribution in [-0.2, 0) is 9.59 Å². The number of carbonyl (C=O) groups is 2. The predicted molar refractivity (Wildman–Crippen MR) is 136 cm³/mol. The van der Waals surface area contributed by atoms with Crippen molar-refractivity contribution in [2.24, 2.45) is 0 Å². The molecule has 3 aromatic carbocycles. The van der Waals surface area contributed by atoms with Gasteiger partial charge < -0.3 is 14.6 Å². The summed E-state index contributed by atoms with van der Waals surface area (Å²) in [4.78, 5) is 27.9. The molecule has 1 aliphatic heterocycles. The third-order valence-corrected chi connectivity index (χ3v) is 6.37. The fraction of sp³-hybridized carbons (Fsp3) is 0.185. The molecule has 0 saturated carbocycles. The number of aliphatic hydroxyl groups is 1. The summed E-state index contributed by atoms with van der Waals surface area (Å²) in [5, 5.41) is 11.8. The maximum absolute atomic E-state index is 13.3. The Hall–Kier alpha value is -3.48. The maximum Gasteiger partial charge on any atom is 0.300 e. The first-order chi connectivity index (χ1) is 16.8. The van der Waals surface area contributed by atoms with Crippen molar-refractivity contribution < 1.29 is 24.2 Å². The quantitative estimate of drug-likeness (QED) is 0.225. The highest BCUT2D eigenvalue weighted by molar-refractivity contribution is 6.51. The van der Waals surface area contributed by atoms with Crippen LogP contribution in [0.2, 0.25) is 10.0 Å². The van der Waals surface area contributed by atoms with Gasteiger partial charge >= 0.3 is 0 Å². The number of rotatable bonds is 7. The second kappa shape index (κ2) is 10.4. The number of anilines is 1. The van der Waals surface area contributed by atoms with Crippen molar-refractivity contribution in [3.63, 3.8) is 0 Å². The second-order valence-corrected chi connectivity index (χ2v) is 8.73. The first-order valence-corrected chi connectivity index (χ1v) is 11.7. The van der Waals surface area contributed by atoms with E-state index in [1.807, 2.05) is 6.92 Å². The number of hydrogen-bond acceptors (Lipinski definition) is 5. The molecule has 1 N–H and O–H groups in total. The van der Waals surface area contributed by atoms with Crippen LogP contribution in [-0.4, -0.2) is 30.5 Å². The molecule has 0 radical (unpaired) electrons. The molecule has 1 amide bonds. The van der Waals surface area contributed by atoms with Gasteiger partial charge in [-0.05, 0) is 66.6 Å². The van der Waals surface area contributed by atoms with Gasteiger partial charge in [0.2, 0.25) is 0 Å². The maximum atomic E-state index is 13.3. The molecule has 35 heavy (non-hydrogen) atoms. The molecular weight excluding hydrogens is 489 g/mol. The first kappa shape index (κ1) is 24.6. The molecule has 6 nitrogen and oxygen atoms in total. The Morgan fingerprint density at radius 1 is 0.971 bits per heavy atom.